The van der Waals surface area contributed by atoms with Crippen molar-refractivity contribution >= 4 is 39.5 Å². The van der Waals surface area contributed by atoms with E-state index < -0.39 is 0 Å². The van der Waals surface area contributed by atoms with Crippen LogP contribution in [0.15, 0.2) is 18.2 Å². The predicted octanol–water partition coefficient (Wildman–Crippen LogP) is 5.76. The van der Waals surface area contributed by atoms with Crippen molar-refractivity contribution < 1.29 is 4.79 Å². The maximum absolute atomic E-state index is 12.2. The van der Waals surface area contributed by atoms with Gasteiger partial charge in [0, 0.05) is 34.7 Å². The van der Waals surface area contributed by atoms with Gasteiger partial charge >= 0.3 is 0 Å². The van der Waals surface area contributed by atoms with Gasteiger partial charge in [-0.15, -0.1) is 17.0 Å². The molecule has 5 heteroatoms. The summed E-state index contributed by atoms with van der Waals surface area (Å²) in [4.78, 5) is 15.8. The maximum atomic E-state index is 12.2. The number of carbonyl (C=O) groups is 1. The van der Waals surface area contributed by atoms with E-state index in [1.807, 2.05) is 6.07 Å². The monoisotopic (exact) mass is 449 g/mol. The minimum absolute atomic E-state index is 0. The highest BCUT2D eigenvalue weighted by molar-refractivity contribution is 8.93. The fraction of sp³-hybridized carbons (Fsp3) is 0.609. The Morgan fingerprint density at radius 2 is 2.07 bits per heavy atom. The topological polar surface area (TPSA) is 56.9 Å². The number of nitrogens with one attached hydrogen (secondary N) is 3. The molecule has 0 aliphatic heterocycles. The Morgan fingerprint density at radius 3 is 2.82 bits per heavy atom. The van der Waals surface area contributed by atoms with Crippen molar-refractivity contribution in [3.8, 4) is 0 Å². The molecule has 0 fully saturated rings. The minimum Gasteiger partial charge on any atom is -0.358 e. The van der Waals surface area contributed by atoms with Crippen molar-refractivity contribution in [3.63, 3.8) is 0 Å². The van der Waals surface area contributed by atoms with Crippen LogP contribution in [-0.2, 0) is 17.6 Å². The Morgan fingerprint density at radius 1 is 1.25 bits per heavy atom. The van der Waals surface area contributed by atoms with Crippen molar-refractivity contribution in [2.75, 3.05) is 11.9 Å². The Labute approximate surface area is 180 Å². The number of unbranched alkanes of at least 4 members (excludes halogenated alkanes) is 3. The molecule has 156 valence electrons. The molecule has 1 aliphatic rings. The molecule has 0 radical (unpaired) electrons. The third-order valence-corrected chi connectivity index (χ3v) is 5.65. The van der Waals surface area contributed by atoms with Gasteiger partial charge in [0.25, 0.3) is 0 Å². The molecule has 4 nitrogen and oxygen atoms in total. The lowest BCUT2D eigenvalue weighted by atomic mass is 9.86. The molecule has 0 saturated heterocycles. The molecule has 3 N–H and O–H groups in total. The van der Waals surface area contributed by atoms with Crippen LogP contribution in [-0.4, -0.2) is 23.5 Å². The maximum Gasteiger partial charge on any atom is 0.224 e. The summed E-state index contributed by atoms with van der Waals surface area (Å²) >= 11 is 0. The number of carbonyl (C=O) groups excluding carboxylic acids is 1. The zero-order valence-electron chi connectivity index (χ0n) is 17.6. The first kappa shape index (κ1) is 23.0. The van der Waals surface area contributed by atoms with Crippen molar-refractivity contribution in [3.05, 3.63) is 29.5 Å². The van der Waals surface area contributed by atoms with Crippen LogP contribution in [0.5, 0.6) is 0 Å². The number of benzene rings is 1. The largest absolute Gasteiger partial charge is 0.358 e. The van der Waals surface area contributed by atoms with Gasteiger partial charge < -0.3 is 15.6 Å². The van der Waals surface area contributed by atoms with Crippen LogP contribution >= 0.6 is 17.0 Å². The minimum atomic E-state index is 0. The van der Waals surface area contributed by atoms with Gasteiger partial charge in [-0.1, -0.05) is 40.0 Å². The summed E-state index contributed by atoms with van der Waals surface area (Å²) in [6.07, 6.45) is 8.61. The lowest BCUT2D eigenvalue weighted by molar-refractivity contribution is -0.116. The molecule has 2 aromatic rings. The van der Waals surface area contributed by atoms with E-state index in [-0.39, 0.29) is 22.9 Å². The summed E-state index contributed by atoms with van der Waals surface area (Å²) in [5, 5.41) is 7.96. The smallest absolute Gasteiger partial charge is 0.224 e. The van der Waals surface area contributed by atoms with Gasteiger partial charge in [0.05, 0.1) is 0 Å². The number of H-pyrrole nitrogens is 1. The van der Waals surface area contributed by atoms with Crippen molar-refractivity contribution in [2.24, 2.45) is 5.92 Å². The van der Waals surface area contributed by atoms with Gasteiger partial charge in [0.1, 0.15) is 0 Å². The number of anilines is 1. The lowest BCUT2D eigenvalue weighted by Crippen LogP contribution is -2.31. The summed E-state index contributed by atoms with van der Waals surface area (Å²) in [6.45, 7) is 7.68. The molecule has 1 atom stereocenters. The van der Waals surface area contributed by atoms with E-state index in [9.17, 15) is 4.79 Å². The van der Waals surface area contributed by atoms with Crippen molar-refractivity contribution in [1.29, 1.82) is 0 Å². The number of amides is 1. The highest BCUT2D eigenvalue weighted by atomic mass is 79.9. The van der Waals surface area contributed by atoms with Crippen LogP contribution < -0.4 is 10.6 Å². The van der Waals surface area contributed by atoms with Crippen LogP contribution in [0.4, 0.5) is 5.69 Å². The average molecular weight is 450 g/mol. The lowest BCUT2D eigenvalue weighted by Gasteiger charge is -2.24. The molecule has 1 aromatic carbocycles. The number of aryl methyl sites for hydroxylation is 1. The Hall–Kier alpha value is -1.33. The second kappa shape index (κ2) is 11.0. The highest BCUT2D eigenvalue weighted by Gasteiger charge is 2.22. The van der Waals surface area contributed by atoms with E-state index in [1.54, 1.807) is 0 Å². The molecular formula is C23H36BrN3O. The number of aromatic nitrogens is 1. The number of hydrogen-bond acceptors (Lipinski definition) is 2. The Balaban J connectivity index is 0.00000280. The van der Waals surface area contributed by atoms with Gasteiger partial charge in [0.2, 0.25) is 5.91 Å². The molecule has 3 rings (SSSR count). The fourth-order valence-corrected chi connectivity index (χ4v) is 4.08. The normalized spacial score (nSPS) is 16.1. The van der Waals surface area contributed by atoms with Gasteiger partial charge in [-0.25, -0.2) is 0 Å². The second-order valence-electron chi connectivity index (χ2n) is 8.37. The van der Waals surface area contributed by atoms with E-state index in [0.717, 1.165) is 37.9 Å². The van der Waals surface area contributed by atoms with Crippen LogP contribution in [0.25, 0.3) is 10.9 Å². The van der Waals surface area contributed by atoms with Crippen LogP contribution in [0.2, 0.25) is 0 Å². The van der Waals surface area contributed by atoms with Crippen LogP contribution in [0.1, 0.15) is 70.6 Å². The summed E-state index contributed by atoms with van der Waals surface area (Å²) in [5.74, 6) is 0.824. The highest BCUT2D eigenvalue weighted by Crippen LogP contribution is 2.33. The Bertz CT molecular complexity index is 769. The van der Waals surface area contributed by atoms with Crippen LogP contribution in [0, 0.1) is 5.92 Å². The van der Waals surface area contributed by atoms with E-state index in [0.29, 0.717) is 18.4 Å². The molecule has 1 heterocycles. The number of aromatic amines is 1. The third-order valence-electron chi connectivity index (χ3n) is 5.65. The fourth-order valence-electron chi connectivity index (χ4n) is 4.08. The van der Waals surface area contributed by atoms with Gasteiger partial charge in [-0.05, 0) is 61.9 Å². The molecule has 0 bridgehead atoms. The summed E-state index contributed by atoms with van der Waals surface area (Å²) in [5.41, 5.74) is 4.95. The first-order chi connectivity index (χ1) is 13.1. The van der Waals surface area contributed by atoms with Crippen molar-refractivity contribution in [2.45, 2.75) is 78.2 Å². The molecule has 1 amide bonds. The third kappa shape index (κ3) is 6.08. The second-order valence-corrected chi connectivity index (χ2v) is 8.37. The van der Waals surface area contributed by atoms with Gasteiger partial charge in [0.15, 0.2) is 0 Å². The SMILES string of the molecule is Br.CCCCCCC(=O)Nc1ccc2[nH]c3c(c2c1)CC(CNC(C)C)CC3. The first-order valence-electron chi connectivity index (χ1n) is 10.7. The first-order valence-corrected chi connectivity index (χ1v) is 10.7. The molecule has 1 unspecified atom stereocenters. The van der Waals surface area contributed by atoms with E-state index in [2.05, 4.69) is 48.5 Å². The summed E-state index contributed by atoms with van der Waals surface area (Å²) in [7, 11) is 0. The predicted molar refractivity (Wildman–Crippen MR) is 125 cm³/mol. The zero-order valence-corrected chi connectivity index (χ0v) is 19.3. The van der Waals surface area contributed by atoms with Crippen molar-refractivity contribution in [1.82, 2.24) is 10.3 Å². The van der Waals surface area contributed by atoms with E-state index in [1.165, 1.54) is 41.4 Å². The molecule has 1 aliphatic carbocycles. The molecule has 1 aromatic heterocycles. The van der Waals surface area contributed by atoms with Crippen LogP contribution in [0.3, 0.4) is 0 Å². The molecule has 0 spiro atoms. The molecule has 28 heavy (non-hydrogen) atoms. The number of halogens is 1. The quantitative estimate of drug-likeness (QED) is 0.426. The van der Waals surface area contributed by atoms with Gasteiger partial charge in [-0.2, -0.15) is 0 Å². The number of fused-ring (bicyclic) bond motifs is 3. The standard InChI is InChI=1S/C23H35N3O.BrH/c1-4-5-6-7-8-23(27)25-18-10-12-22-20(14-18)19-13-17(15-24-16(2)3)9-11-21(19)26-22;/h10,12,14,16-17,24,26H,4-9,11,13,15H2,1-3H3,(H,25,27);1H. The van der Waals surface area contributed by atoms with E-state index in [4.69, 9.17) is 0 Å². The molecule has 0 saturated carbocycles. The summed E-state index contributed by atoms with van der Waals surface area (Å²) in [6, 6.07) is 6.83. The Kier molecular flexibility index (Phi) is 9.03. The van der Waals surface area contributed by atoms with Gasteiger partial charge in [-0.3, -0.25) is 4.79 Å². The molecular weight excluding hydrogens is 414 g/mol. The average Bonchev–Trinajstić information content (AvgIpc) is 3.01. The summed E-state index contributed by atoms with van der Waals surface area (Å²) < 4.78 is 0. The zero-order chi connectivity index (χ0) is 19.2. The number of hydrogen-bond donors (Lipinski definition) is 3. The van der Waals surface area contributed by atoms with E-state index >= 15 is 0 Å². The number of rotatable bonds is 9.